The molecule has 2 fully saturated rings. The van der Waals surface area contributed by atoms with Gasteiger partial charge in [0.1, 0.15) is 12.1 Å². The molecule has 0 atom stereocenters. The predicted octanol–water partition coefficient (Wildman–Crippen LogP) is 0.858. The van der Waals surface area contributed by atoms with Crippen molar-refractivity contribution in [2.75, 3.05) is 13.1 Å². The standard InChI is InChI=1S/C16H25N3O5/c1-2-11-5-7-16(8-6-11)14(23)19(15(24)18-16)10-12(20)17-9-3-4-13(21)22/h11H,2-10H2,1H3,(H,17,20)(H,18,24)(H,21,22). The topological polar surface area (TPSA) is 116 Å². The molecule has 0 unspecified atom stereocenters. The van der Waals surface area contributed by atoms with Gasteiger partial charge in [0.05, 0.1) is 0 Å². The monoisotopic (exact) mass is 339 g/mol. The van der Waals surface area contributed by atoms with Crippen LogP contribution in [0.1, 0.15) is 51.9 Å². The molecule has 1 saturated heterocycles. The Balaban J connectivity index is 1.85. The minimum Gasteiger partial charge on any atom is -0.481 e. The van der Waals surface area contributed by atoms with Gasteiger partial charge in [-0.15, -0.1) is 0 Å². The molecule has 2 rings (SSSR count). The zero-order valence-electron chi connectivity index (χ0n) is 14.0. The van der Waals surface area contributed by atoms with E-state index in [0.717, 1.165) is 24.2 Å². The summed E-state index contributed by atoms with van der Waals surface area (Å²) in [6.07, 6.45) is 4.38. The Kier molecular flexibility index (Phi) is 5.80. The van der Waals surface area contributed by atoms with E-state index in [1.165, 1.54) is 0 Å². The summed E-state index contributed by atoms with van der Waals surface area (Å²) in [6, 6.07) is -0.518. The summed E-state index contributed by atoms with van der Waals surface area (Å²) < 4.78 is 0. The highest BCUT2D eigenvalue weighted by molar-refractivity contribution is 6.09. The number of carboxylic acid groups (broad SMARTS) is 1. The zero-order valence-corrected chi connectivity index (χ0v) is 14.0. The molecule has 0 radical (unpaired) electrons. The number of carboxylic acids is 1. The van der Waals surface area contributed by atoms with Gasteiger partial charge in [-0.3, -0.25) is 19.3 Å². The summed E-state index contributed by atoms with van der Waals surface area (Å²) in [5.41, 5.74) is -0.841. The maximum absolute atomic E-state index is 12.6. The van der Waals surface area contributed by atoms with Crippen LogP contribution in [0.25, 0.3) is 0 Å². The first-order valence-electron chi connectivity index (χ1n) is 8.50. The lowest BCUT2D eigenvalue weighted by Crippen LogP contribution is -2.50. The third-order valence-electron chi connectivity index (χ3n) is 4.97. The highest BCUT2D eigenvalue weighted by atomic mass is 16.4. The number of carbonyl (C=O) groups excluding carboxylic acids is 3. The Morgan fingerprint density at radius 1 is 1.33 bits per heavy atom. The number of hydrogen-bond acceptors (Lipinski definition) is 4. The van der Waals surface area contributed by atoms with Crippen LogP contribution in [0, 0.1) is 5.92 Å². The van der Waals surface area contributed by atoms with Crippen molar-refractivity contribution in [3.8, 4) is 0 Å². The van der Waals surface area contributed by atoms with Crippen LogP contribution in [0.2, 0.25) is 0 Å². The number of rotatable bonds is 7. The normalized spacial score (nSPS) is 26.5. The number of imide groups is 1. The molecule has 3 N–H and O–H groups in total. The summed E-state index contributed by atoms with van der Waals surface area (Å²) >= 11 is 0. The summed E-state index contributed by atoms with van der Waals surface area (Å²) in [5, 5.41) is 13.9. The van der Waals surface area contributed by atoms with Gasteiger partial charge in [0, 0.05) is 13.0 Å². The van der Waals surface area contributed by atoms with Crippen molar-refractivity contribution >= 4 is 23.8 Å². The quantitative estimate of drug-likeness (QED) is 0.470. The van der Waals surface area contributed by atoms with Crippen molar-refractivity contribution in [2.24, 2.45) is 5.92 Å². The number of hydrogen-bond donors (Lipinski definition) is 3. The summed E-state index contributed by atoms with van der Waals surface area (Å²) in [6.45, 7) is 2.01. The molecule has 8 nitrogen and oxygen atoms in total. The highest BCUT2D eigenvalue weighted by Gasteiger charge is 2.52. The zero-order chi connectivity index (χ0) is 17.7. The first-order chi connectivity index (χ1) is 11.4. The van der Waals surface area contributed by atoms with Crippen LogP contribution in [0.4, 0.5) is 4.79 Å². The smallest absolute Gasteiger partial charge is 0.325 e. The fraction of sp³-hybridized carbons (Fsp3) is 0.750. The molecule has 2 aliphatic rings. The van der Waals surface area contributed by atoms with Crippen molar-refractivity contribution < 1.29 is 24.3 Å². The van der Waals surface area contributed by atoms with Gasteiger partial charge in [0.25, 0.3) is 5.91 Å². The van der Waals surface area contributed by atoms with Crippen molar-refractivity contribution in [3.05, 3.63) is 0 Å². The van der Waals surface area contributed by atoms with E-state index < -0.39 is 23.4 Å². The Hall–Kier alpha value is -2.12. The molecule has 134 valence electrons. The third kappa shape index (κ3) is 4.04. The van der Waals surface area contributed by atoms with Crippen LogP contribution in [-0.2, 0) is 14.4 Å². The number of urea groups is 1. The molecule has 1 spiro atoms. The van der Waals surface area contributed by atoms with Gasteiger partial charge >= 0.3 is 12.0 Å². The lowest BCUT2D eigenvalue weighted by Gasteiger charge is -2.34. The highest BCUT2D eigenvalue weighted by Crippen LogP contribution is 2.37. The average Bonchev–Trinajstić information content (AvgIpc) is 2.77. The molecule has 8 heteroatoms. The van der Waals surface area contributed by atoms with Crippen molar-refractivity contribution in [1.82, 2.24) is 15.5 Å². The second kappa shape index (κ2) is 7.63. The fourth-order valence-corrected chi connectivity index (χ4v) is 3.40. The van der Waals surface area contributed by atoms with Crippen LogP contribution in [0.15, 0.2) is 0 Å². The van der Waals surface area contributed by atoms with E-state index in [1.807, 2.05) is 0 Å². The number of nitrogens with one attached hydrogen (secondary N) is 2. The fourth-order valence-electron chi connectivity index (χ4n) is 3.40. The number of nitrogens with zero attached hydrogens (tertiary/aromatic N) is 1. The second-order valence-electron chi connectivity index (χ2n) is 6.60. The summed E-state index contributed by atoms with van der Waals surface area (Å²) in [4.78, 5) is 48.0. The summed E-state index contributed by atoms with van der Waals surface area (Å²) in [7, 11) is 0. The Bertz CT molecular complexity index is 526. The predicted molar refractivity (Wildman–Crippen MR) is 85.1 cm³/mol. The Morgan fingerprint density at radius 3 is 2.58 bits per heavy atom. The molecule has 24 heavy (non-hydrogen) atoms. The molecule has 0 aromatic carbocycles. The van der Waals surface area contributed by atoms with Crippen LogP contribution < -0.4 is 10.6 Å². The van der Waals surface area contributed by atoms with Gasteiger partial charge in [0.2, 0.25) is 5.91 Å². The molecule has 1 aliphatic heterocycles. The minimum atomic E-state index is -0.928. The van der Waals surface area contributed by atoms with Gasteiger partial charge in [-0.05, 0) is 38.0 Å². The Labute approximate surface area is 141 Å². The maximum atomic E-state index is 12.6. The second-order valence-corrected chi connectivity index (χ2v) is 6.60. The molecule has 0 bridgehead atoms. The van der Waals surface area contributed by atoms with Gasteiger partial charge < -0.3 is 15.7 Å². The van der Waals surface area contributed by atoms with Crippen molar-refractivity contribution in [3.63, 3.8) is 0 Å². The number of aliphatic carboxylic acids is 1. The molecule has 0 aromatic rings. The molecule has 1 saturated carbocycles. The van der Waals surface area contributed by atoms with Gasteiger partial charge in [0.15, 0.2) is 0 Å². The van der Waals surface area contributed by atoms with Crippen LogP contribution in [0.3, 0.4) is 0 Å². The lowest BCUT2D eigenvalue weighted by atomic mass is 9.75. The molecule has 0 aromatic heterocycles. The van der Waals surface area contributed by atoms with E-state index in [1.54, 1.807) is 0 Å². The first kappa shape index (κ1) is 18.2. The minimum absolute atomic E-state index is 0.0366. The van der Waals surface area contributed by atoms with Gasteiger partial charge in [-0.1, -0.05) is 13.3 Å². The van der Waals surface area contributed by atoms with Gasteiger partial charge in [-0.25, -0.2) is 4.79 Å². The molecular weight excluding hydrogens is 314 g/mol. The third-order valence-corrected chi connectivity index (χ3v) is 4.97. The largest absolute Gasteiger partial charge is 0.481 e. The van der Waals surface area contributed by atoms with Crippen molar-refractivity contribution in [2.45, 2.75) is 57.4 Å². The van der Waals surface area contributed by atoms with E-state index >= 15 is 0 Å². The molecule has 1 heterocycles. The van der Waals surface area contributed by atoms with E-state index in [9.17, 15) is 19.2 Å². The maximum Gasteiger partial charge on any atom is 0.325 e. The van der Waals surface area contributed by atoms with Crippen molar-refractivity contribution in [1.29, 1.82) is 0 Å². The average molecular weight is 339 g/mol. The van der Waals surface area contributed by atoms with Gasteiger partial charge in [-0.2, -0.15) is 0 Å². The van der Waals surface area contributed by atoms with E-state index in [0.29, 0.717) is 25.2 Å². The SMILES string of the molecule is CCC1CCC2(CC1)NC(=O)N(CC(=O)NCCCC(=O)O)C2=O. The van der Waals surface area contributed by atoms with Crippen LogP contribution in [-0.4, -0.2) is 52.4 Å². The molecule has 4 amide bonds. The first-order valence-corrected chi connectivity index (χ1v) is 8.50. The molecule has 1 aliphatic carbocycles. The number of carbonyl (C=O) groups is 4. The summed E-state index contributed by atoms with van der Waals surface area (Å²) in [5.74, 6) is -1.11. The number of amides is 4. The molecular formula is C16H25N3O5. The lowest BCUT2D eigenvalue weighted by molar-refractivity contribution is -0.137. The van der Waals surface area contributed by atoms with Crippen LogP contribution in [0.5, 0.6) is 0 Å². The van der Waals surface area contributed by atoms with E-state index in [2.05, 4.69) is 17.6 Å². The Morgan fingerprint density at radius 2 is 2.00 bits per heavy atom. The van der Waals surface area contributed by atoms with E-state index in [-0.39, 0.29) is 25.4 Å². The van der Waals surface area contributed by atoms with E-state index in [4.69, 9.17) is 5.11 Å². The van der Waals surface area contributed by atoms with Crippen LogP contribution >= 0.6 is 0 Å².